The Bertz CT molecular complexity index is 209. The zero-order valence-electron chi connectivity index (χ0n) is 10.9. The Balaban J connectivity index is 2.25. The summed E-state index contributed by atoms with van der Waals surface area (Å²) in [7, 11) is 0. The van der Waals surface area contributed by atoms with Gasteiger partial charge in [0.1, 0.15) is 0 Å². The number of carbonyl (C=O) groups excluding carboxylic acids is 1. The summed E-state index contributed by atoms with van der Waals surface area (Å²) in [6.07, 6.45) is 8.39. The molecule has 4 heteroatoms. The van der Waals surface area contributed by atoms with Gasteiger partial charge in [0.25, 0.3) is 0 Å². The van der Waals surface area contributed by atoms with Crippen LogP contribution in [0.2, 0.25) is 0 Å². The Kier molecular flexibility index (Phi) is 7.21. The van der Waals surface area contributed by atoms with Crippen molar-refractivity contribution < 1.29 is 4.79 Å². The third-order valence-electron chi connectivity index (χ3n) is 3.64. The molecule has 0 aromatic carbocycles. The van der Waals surface area contributed by atoms with E-state index in [0.717, 1.165) is 12.3 Å². The lowest BCUT2D eigenvalue weighted by Crippen LogP contribution is -2.38. The van der Waals surface area contributed by atoms with Crippen molar-refractivity contribution in [2.24, 2.45) is 17.4 Å². The number of hydrogen-bond donors (Lipinski definition) is 2. The predicted molar refractivity (Wildman–Crippen MR) is 70.5 cm³/mol. The van der Waals surface area contributed by atoms with E-state index in [4.69, 9.17) is 11.5 Å². The van der Waals surface area contributed by atoms with E-state index in [9.17, 15) is 4.79 Å². The molecule has 100 valence electrons. The molecule has 0 aromatic rings. The average molecular weight is 241 g/mol. The molecule has 0 aromatic heterocycles. The first-order valence-electron chi connectivity index (χ1n) is 6.95. The molecule has 1 aliphatic carbocycles. The number of amides is 1. The minimum Gasteiger partial charge on any atom is -0.340 e. The minimum absolute atomic E-state index is 0.228. The lowest BCUT2D eigenvalue weighted by atomic mass is 9.86. The Morgan fingerprint density at radius 3 is 2.18 bits per heavy atom. The maximum atomic E-state index is 12.0. The second kappa shape index (κ2) is 8.48. The van der Waals surface area contributed by atoms with Crippen LogP contribution in [0.1, 0.15) is 44.9 Å². The van der Waals surface area contributed by atoms with E-state index in [1.54, 1.807) is 0 Å². The Morgan fingerprint density at radius 1 is 1.06 bits per heavy atom. The Labute approximate surface area is 105 Å². The highest BCUT2D eigenvalue weighted by molar-refractivity contribution is 5.76. The number of carbonyl (C=O) groups is 1. The topological polar surface area (TPSA) is 72.3 Å². The van der Waals surface area contributed by atoms with Crippen molar-refractivity contribution in [1.82, 2.24) is 4.90 Å². The number of rotatable bonds is 7. The van der Waals surface area contributed by atoms with Crippen LogP contribution in [-0.4, -0.2) is 37.0 Å². The molecular formula is C13H27N3O. The lowest BCUT2D eigenvalue weighted by Gasteiger charge is -2.24. The highest BCUT2D eigenvalue weighted by atomic mass is 16.2. The molecule has 4 nitrogen and oxygen atoms in total. The van der Waals surface area contributed by atoms with Gasteiger partial charge in [0.05, 0.1) is 0 Å². The Morgan fingerprint density at radius 2 is 1.65 bits per heavy atom. The van der Waals surface area contributed by atoms with Gasteiger partial charge in [-0.3, -0.25) is 4.79 Å². The summed E-state index contributed by atoms with van der Waals surface area (Å²) in [4.78, 5) is 13.8. The van der Waals surface area contributed by atoms with Gasteiger partial charge in [-0.1, -0.05) is 32.1 Å². The van der Waals surface area contributed by atoms with Gasteiger partial charge in [-0.2, -0.15) is 0 Å². The molecule has 0 aliphatic heterocycles. The van der Waals surface area contributed by atoms with E-state index in [1.165, 1.54) is 32.1 Å². The third kappa shape index (κ3) is 5.50. The molecule has 1 saturated carbocycles. The van der Waals surface area contributed by atoms with Gasteiger partial charge >= 0.3 is 0 Å². The average Bonchev–Trinajstić information content (AvgIpc) is 2.37. The first-order chi connectivity index (χ1) is 8.27. The first-order valence-corrected chi connectivity index (χ1v) is 6.95. The monoisotopic (exact) mass is 241 g/mol. The van der Waals surface area contributed by atoms with Crippen molar-refractivity contribution in [2.75, 3.05) is 26.2 Å². The molecule has 4 N–H and O–H groups in total. The largest absolute Gasteiger partial charge is 0.340 e. The van der Waals surface area contributed by atoms with Gasteiger partial charge in [-0.05, 0) is 12.3 Å². The van der Waals surface area contributed by atoms with Crippen LogP contribution >= 0.6 is 0 Å². The van der Waals surface area contributed by atoms with Gasteiger partial charge in [0, 0.05) is 32.6 Å². The fourth-order valence-corrected chi connectivity index (χ4v) is 2.63. The van der Waals surface area contributed by atoms with E-state index in [0.29, 0.717) is 32.6 Å². The number of hydrogen-bond acceptors (Lipinski definition) is 3. The van der Waals surface area contributed by atoms with Crippen LogP contribution in [0, 0.1) is 5.92 Å². The molecule has 1 amide bonds. The molecule has 0 atom stereocenters. The van der Waals surface area contributed by atoms with Crippen molar-refractivity contribution in [3.05, 3.63) is 0 Å². The molecule has 1 fully saturated rings. The molecule has 0 bridgehead atoms. The quantitative estimate of drug-likeness (QED) is 0.701. The van der Waals surface area contributed by atoms with Crippen molar-refractivity contribution in [3.63, 3.8) is 0 Å². The Hall–Kier alpha value is -0.610. The van der Waals surface area contributed by atoms with Gasteiger partial charge in [-0.25, -0.2) is 0 Å². The summed E-state index contributed by atoms with van der Waals surface area (Å²) >= 11 is 0. The normalized spacial score (nSPS) is 17.1. The summed E-state index contributed by atoms with van der Waals surface area (Å²) in [5.74, 6) is 0.997. The second-order valence-electron chi connectivity index (χ2n) is 5.00. The fourth-order valence-electron chi connectivity index (χ4n) is 2.63. The molecule has 1 aliphatic rings. The van der Waals surface area contributed by atoms with Crippen molar-refractivity contribution in [1.29, 1.82) is 0 Å². The molecule has 17 heavy (non-hydrogen) atoms. The lowest BCUT2D eigenvalue weighted by molar-refractivity contribution is -0.131. The van der Waals surface area contributed by atoms with Crippen LogP contribution in [0.3, 0.4) is 0 Å². The van der Waals surface area contributed by atoms with Crippen molar-refractivity contribution in [2.45, 2.75) is 44.9 Å². The van der Waals surface area contributed by atoms with Crippen LogP contribution < -0.4 is 11.5 Å². The third-order valence-corrected chi connectivity index (χ3v) is 3.64. The van der Waals surface area contributed by atoms with Gasteiger partial charge in [0.15, 0.2) is 0 Å². The number of nitrogens with zero attached hydrogens (tertiary/aromatic N) is 1. The van der Waals surface area contributed by atoms with Crippen LogP contribution in [0.25, 0.3) is 0 Å². The predicted octanol–water partition coefficient (Wildman–Crippen LogP) is 1.09. The van der Waals surface area contributed by atoms with Crippen LogP contribution in [0.4, 0.5) is 0 Å². The summed E-state index contributed by atoms with van der Waals surface area (Å²) < 4.78 is 0. The fraction of sp³-hybridized carbons (Fsp3) is 0.923. The SMILES string of the molecule is NCCN(CCN)C(=O)CCC1CCCCC1. The summed E-state index contributed by atoms with van der Waals surface area (Å²) in [5, 5.41) is 0. The summed E-state index contributed by atoms with van der Waals surface area (Å²) in [5.41, 5.74) is 11.0. The number of nitrogens with two attached hydrogens (primary N) is 2. The van der Waals surface area contributed by atoms with E-state index in [2.05, 4.69) is 0 Å². The molecule has 1 rings (SSSR count). The minimum atomic E-state index is 0.228. The molecule has 0 heterocycles. The molecule has 0 saturated heterocycles. The van der Waals surface area contributed by atoms with Gasteiger partial charge in [0.2, 0.25) is 5.91 Å². The van der Waals surface area contributed by atoms with Gasteiger partial charge in [-0.15, -0.1) is 0 Å². The molecular weight excluding hydrogens is 214 g/mol. The molecule has 0 radical (unpaired) electrons. The summed E-state index contributed by atoms with van der Waals surface area (Å²) in [6.45, 7) is 2.33. The molecule has 0 unspecified atom stereocenters. The maximum Gasteiger partial charge on any atom is 0.222 e. The van der Waals surface area contributed by atoms with E-state index in [1.807, 2.05) is 4.90 Å². The maximum absolute atomic E-state index is 12.0. The molecule has 0 spiro atoms. The highest BCUT2D eigenvalue weighted by Crippen LogP contribution is 2.27. The zero-order valence-corrected chi connectivity index (χ0v) is 10.9. The van der Waals surface area contributed by atoms with E-state index < -0.39 is 0 Å². The zero-order chi connectivity index (χ0) is 12.5. The van der Waals surface area contributed by atoms with Crippen LogP contribution in [0.5, 0.6) is 0 Å². The van der Waals surface area contributed by atoms with E-state index >= 15 is 0 Å². The smallest absolute Gasteiger partial charge is 0.222 e. The van der Waals surface area contributed by atoms with E-state index in [-0.39, 0.29) is 5.91 Å². The first kappa shape index (κ1) is 14.5. The second-order valence-corrected chi connectivity index (χ2v) is 5.00. The highest BCUT2D eigenvalue weighted by Gasteiger charge is 2.17. The van der Waals surface area contributed by atoms with Crippen molar-refractivity contribution in [3.8, 4) is 0 Å². The van der Waals surface area contributed by atoms with Crippen LogP contribution in [-0.2, 0) is 4.79 Å². The van der Waals surface area contributed by atoms with Crippen LogP contribution in [0.15, 0.2) is 0 Å². The summed E-state index contributed by atoms with van der Waals surface area (Å²) in [6, 6.07) is 0. The van der Waals surface area contributed by atoms with Gasteiger partial charge < -0.3 is 16.4 Å². The standard InChI is InChI=1S/C13H27N3O/c14-8-10-16(11-9-15)13(17)7-6-12-4-2-1-3-5-12/h12H,1-11,14-15H2. The van der Waals surface area contributed by atoms with Crippen molar-refractivity contribution >= 4 is 5.91 Å².